The van der Waals surface area contributed by atoms with Crippen LogP contribution < -0.4 is 21.5 Å². The van der Waals surface area contributed by atoms with E-state index in [1.54, 1.807) is 20.8 Å². The summed E-state index contributed by atoms with van der Waals surface area (Å²) in [5.74, 6) is 2.47. The van der Waals surface area contributed by atoms with Crippen LogP contribution in [0.2, 0.25) is 0 Å². The molecule has 0 bridgehead atoms. The Morgan fingerprint density at radius 3 is 0.977 bits per heavy atom. The van der Waals surface area contributed by atoms with Crippen LogP contribution in [0.3, 0.4) is 0 Å². The zero-order valence-corrected chi connectivity index (χ0v) is 73.7. The summed E-state index contributed by atoms with van der Waals surface area (Å²) in [6.45, 7) is 14.6. The minimum absolute atomic E-state index is 0.264. The van der Waals surface area contributed by atoms with Crippen LogP contribution in [0.1, 0.15) is 134 Å². The number of H-pyrrole nitrogens is 1. The van der Waals surface area contributed by atoms with Crippen molar-refractivity contribution in [2.75, 3.05) is 44.6 Å². The Kier molecular flexibility index (Phi) is 40.7. The van der Waals surface area contributed by atoms with E-state index < -0.39 is 77.7 Å². The Bertz CT molecular complexity index is 5580. The Morgan fingerprint density at radius 2 is 0.734 bits per heavy atom. The molecule has 0 fully saturated rings. The summed E-state index contributed by atoms with van der Waals surface area (Å²) in [4.78, 5) is 25.6. The number of aromatic nitrogens is 16. The van der Waals surface area contributed by atoms with E-state index in [2.05, 4.69) is 92.3 Å². The SMILES string of the molecule is CC(C)(C)OC(=O)NCCCn1nnc(-c2ccccc2Cc2ccc(C(F)(F)F)cc2)n1.CC(C)(C)OC=O.CS(=O)(=O)Cl.CS(=O)(=O)NCCCn1nnc(-c2ccccc2Cc2ccc(C(F)(F)F)cc2)n1.FC(F)(F)c1ccc(Cc2ccccc2-c2nn[nH]n2)cc1.NCCCCl.NCCCn1nnc(-c2ccccc2Cc2ccc(C(F)(F)F)cc2)n1. The van der Waals surface area contributed by atoms with Gasteiger partial charge in [-0.25, -0.2) is 26.4 Å². The van der Waals surface area contributed by atoms with E-state index in [4.69, 9.17) is 27.8 Å². The first-order valence-electron chi connectivity index (χ1n) is 39.0. The maximum absolute atomic E-state index is 12.8. The fourth-order valence-corrected chi connectivity index (χ4v) is 11.6. The molecule has 128 heavy (non-hydrogen) atoms. The number of amides is 1. The van der Waals surface area contributed by atoms with Crippen molar-refractivity contribution in [2.24, 2.45) is 11.5 Å². The van der Waals surface area contributed by atoms with Crippen molar-refractivity contribution < 1.29 is 88.6 Å². The summed E-state index contributed by atoms with van der Waals surface area (Å²) >= 11 is 5.22. The van der Waals surface area contributed by atoms with Crippen LogP contribution in [-0.4, -0.2) is 166 Å². The average Bonchev–Trinajstić information content (AvgIpc) is 1.62. The minimum atomic E-state index is -4.37. The summed E-state index contributed by atoms with van der Waals surface area (Å²) in [5.41, 5.74) is 16.7. The fraction of sp³-hybridized carbons (Fsp3) is 0.357. The summed E-state index contributed by atoms with van der Waals surface area (Å²) in [6, 6.07) is 50.3. The molecule has 12 rings (SSSR count). The third kappa shape index (κ3) is 39.7. The number of alkyl carbamates (subject to hydrolysis) is 1. The van der Waals surface area contributed by atoms with Gasteiger partial charge in [0.15, 0.2) is 0 Å². The Hall–Kier alpha value is -11.7. The van der Waals surface area contributed by atoms with E-state index in [9.17, 15) is 79.1 Å². The van der Waals surface area contributed by atoms with Gasteiger partial charge in [0.25, 0.3) is 6.47 Å². The predicted molar refractivity (Wildman–Crippen MR) is 458 cm³/mol. The van der Waals surface area contributed by atoms with Gasteiger partial charge >= 0.3 is 30.8 Å². The highest BCUT2D eigenvalue weighted by Gasteiger charge is 2.33. The number of aromatic amines is 1. The molecular formula is C84H96Cl2F12N20O8S2. The number of nitrogens with one attached hydrogen (secondary N) is 3. The van der Waals surface area contributed by atoms with Crippen molar-refractivity contribution >= 4 is 53.9 Å². The summed E-state index contributed by atoms with van der Waals surface area (Å²) < 4.78 is 205. The zero-order valence-electron chi connectivity index (χ0n) is 70.6. The van der Waals surface area contributed by atoms with Gasteiger partial charge in [-0.05, 0) is 220 Å². The maximum Gasteiger partial charge on any atom is 0.416 e. The van der Waals surface area contributed by atoms with Crippen LogP contribution >= 0.6 is 22.3 Å². The lowest BCUT2D eigenvalue weighted by Gasteiger charge is -2.19. The second-order valence-corrected chi connectivity index (χ2v) is 35.0. The second kappa shape index (κ2) is 49.6. The molecule has 0 atom stereocenters. The summed E-state index contributed by atoms with van der Waals surface area (Å²) in [7, 11) is -1.93. The van der Waals surface area contributed by atoms with Crippen molar-refractivity contribution in [3.8, 4) is 45.6 Å². The molecule has 0 aliphatic carbocycles. The third-order valence-corrected chi connectivity index (χ3v) is 17.8. The molecule has 0 spiro atoms. The number of alkyl halides is 13. The molecule has 690 valence electrons. The van der Waals surface area contributed by atoms with Crippen LogP contribution in [0.4, 0.5) is 57.5 Å². The molecule has 0 unspecified atom stereocenters. The van der Waals surface area contributed by atoms with Crippen molar-refractivity contribution in [3.63, 3.8) is 0 Å². The van der Waals surface area contributed by atoms with Crippen molar-refractivity contribution in [2.45, 2.75) is 148 Å². The van der Waals surface area contributed by atoms with E-state index >= 15 is 0 Å². The topological polar surface area (TPSA) is 382 Å². The van der Waals surface area contributed by atoms with Crippen LogP contribution in [0.5, 0.6) is 0 Å². The quantitative estimate of drug-likeness (QED) is 0.0105. The monoisotopic (exact) mass is 1870 g/mol. The lowest BCUT2D eigenvalue weighted by atomic mass is 9.98. The highest BCUT2D eigenvalue weighted by Crippen LogP contribution is 2.35. The normalized spacial score (nSPS) is 11.7. The van der Waals surface area contributed by atoms with Crippen molar-refractivity contribution in [1.29, 1.82) is 0 Å². The molecule has 8 aromatic carbocycles. The summed E-state index contributed by atoms with van der Waals surface area (Å²) in [5, 5.41) is 53.9. The van der Waals surface area contributed by atoms with Crippen molar-refractivity contribution in [3.05, 3.63) is 261 Å². The van der Waals surface area contributed by atoms with E-state index in [1.807, 2.05) is 118 Å². The fourth-order valence-electron chi connectivity index (χ4n) is 11.0. The Balaban J connectivity index is 0.000000249. The number of hydrogen-bond donors (Lipinski definition) is 5. The van der Waals surface area contributed by atoms with Crippen LogP contribution in [0.25, 0.3) is 45.6 Å². The van der Waals surface area contributed by atoms with Gasteiger partial charge in [0.05, 0.1) is 54.4 Å². The molecule has 44 heteroatoms. The highest BCUT2D eigenvalue weighted by atomic mass is 35.7. The number of carbonyl (C=O) groups is 2. The largest absolute Gasteiger partial charge is 0.462 e. The number of carbonyl (C=O) groups excluding carboxylic acids is 2. The highest BCUT2D eigenvalue weighted by molar-refractivity contribution is 8.13. The van der Waals surface area contributed by atoms with Crippen molar-refractivity contribution in [1.82, 2.24) is 91.3 Å². The number of ether oxygens (including phenoxy) is 2. The molecule has 0 radical (unpaired) electrons. The van der Waals surface area contributed by atoms with Crippen LogP contribution in [-0.2, 0) is 103 Å². The Labute approximate surface area is 740 Å². The number of hydrogen-bond acceptors (Lipinski definition) is 22. The average molecular weight is 1880 g/mol. The molecule has 12 aromatic rings. The number of sulfonamides is 1. The molecule has 7 N–H and O–H groups in total. The molecule has 0 aliphatic heterocycles. The number of aryl methyl sites for hydroxylation is 3. The standard InChI is InChI=1S/C23H26F3N5O2.C19H20F3N5O2S.C18H18F3N5.C15H11F3N4.C5H10O2.C3H8ClN.CH3ClO2S/c1-22(2,3)33-21(32)27-13-6-14-31-29-20(28-30-31)19-8-5-4-7-17(19)15-16-9-11-18(12-10-16)23(24,25)26;1-30(28,29)23-11-4-12-27-25-18(24-26-27)17-6-3-2-5-15(17)13-14-7-9-16(10-8-14)19(20,21)22;19-18(20,21)15-8-6-13(7-9-15)12-14-4-1-2-5-16(14)17-23-25-26(24-17)11-3-10-22;16-15(17,18)12-7-5-10(6-8-12)9-11-3-1-2-4-13(11)14-19-21-22-20-14;1-5(2,3)7-4-6;4-2-1-3-5;1-5(2,3)4/h4-5,7-12H,6,13-15H2,1-3H3,(H,27,32);2-3,5-10,23H,4,11-13H2,1H3;1-2,4-9H,3,10-12,22H2;1-8H,9H2,(H,19,20,21,22);4H,1-3H3;1-3,5H2;1H3. The van der Waals surface area contributed by atoms with E-state index in [0.29, 0.717) is 113 Å². The molecule has 0 saturated heterocycles. The predicted octanol–water partition coefficient (Wildman–Crippen LogP) is 16.2. The lowest BCUT2D eigenvalue weighted by Crippen LogP contribution is -2.33. The number of nitrogens with zero attached hydrogens (tertiary/aromatic N) is 15. The first-order valence-corrected chi connectivity index (χ1v) is 44.2. The van der Waals surface area contributed by atoms with Crippen LogP contribution in [0.15, 0.2) is 194 Å². The van der Waals surface area contributed by atoms with E-state index in [1.165, 1.54) is 62.9 Å². The first-order chi connectivity index (χ1) is 60.1. The van der Waals surface area contributed by atoms with Gasteiger partial charge in [-0.2, -0.15) is 72.3 Å². The van der Waals surface area contributed by atoms with Crippen LogP contribution in [0, 0.1) is 0 Å². The molecule has 0 saturated carbocycles. The first kappa shape index (κ1) is 105. The molecule has 1 amide bonds. The molecule has 4 aromatic heterocycles. The number of halogens is 14. The molecule has 28 nitrogen and oxygen atoms in total. The smallest absolute Gasteiger partial charge is 0.416 e. The summed E-state index contributed by atoms with van der Waals surface area (Å²) in [6.07, 6.45) is -11.3. The maximum atomic E-state index is 12.8. The minimum Gasteiger partial charge on any atom is -0.462 e. The van der Waals surface area contributed by atoms with Gasteiger partial charge < -0.3 is 26.3 Å². The van der Waals surface area contributed by atoms with Gasteiger partial charge in [0, 0.05) is 51.9 Å². The van der Waals surface area contributed by atoms with E-state index in [-0.39, 0.29) is 12.1 Å². The van der Waals surface area contributed by atoms with Gasteiger partial charge in [-0.15, -0.1) is 52.4 Å². The zero-order chi connectivity index (χ0) is 94.5. The van der Waals surface area contributed by atoms with Gasteiger partial charge in [-0.3, -0.25) is 4.79 Å². The molecule has 0 aliphatic rings. The number of tetrazole rings is 4. The Morgan fingerprint density at radius 1 is 0.438 bits per heavy atom. The van der Waals surface area contributed by atoms with E-state index in [0.717, 1.165) is 141 Å². The number of benzene rings is 8. The third-order valence-electron chi connectivity index (χ3n) is 16.8. The number of rotatable bonds is 27. The molecule has 4 heterocycles. The molecular weight excluding hydrogens is 1780 g/mol. The lowest BCUT2D eigenvalue weighted by molar-refractivity contribution is -0.139. The van der Waals surface area contributed by atoms with Gasteiger partial charge in [0.1, 0.15) is 11.2 Å². The van der Waals surface area contributed by atoms with Gasteiger partial charge in [0.2, 0.25) is 42.4 Å². The number of nitrogens with two attached hydrogens (primary N) is 2. The van der Waals surface area contributed by atoms with Gasteiger partial charge in [-0.1, -0.05) is 146 Å². The second-order valence-electron chi connectivity index (χ2n) is 29.8.